The minimum atomic E-state index is -3.25. The zero-order chi connectivity index (χ0) is 13.1. The molecule has 7 heteroatoms. The molecule has 0 aliphatic rings. The highest BCUT2D eigenvalue weighted by molar-refractivity contribution is 7.90. The van der Waals surface area contributed by atoms with Crippen molar-refractivity contribution in [2.45, 2.75) is 11.4 Å². The Bertz CT molecular complexity index is 532. The minimum Gasteiger partial charge on any atom is -0.474 e. The third-order valence-electron chi connectivity index (χ3n) is 2.00. The number of benzene rings is 1. The van der Waals surface area contributed by atoms with E-state index in [9.17, 15) is 18.0 Å². The van der Waals surface area contributed by atoms with Gasteiger partial charge in [-0.15, -0.1) is 0 Å². The number of amides is 1. The highest BCUT2D eigenvalue weighted by Crippen LogP contribution is 2.09. The van der Waals surface area contributed by atoms with Crippen molar-refractivity contribution in [2.24, 2.45) is 0 Å². The summed E-state index contributed by atoms with van der Waals surface area (Å²) in [6.45, 7) is 0.0369. The molecule has 1 amide bonds. The molecule has 0 aromatic heterocycles. The SMILES string of the molecule is CS(=O)(=O)c1ccc(CNC(=O)C(=O)O)cc1. The number of hydrogen-bond acceptors (Lipinski definition) is 4. The van der Waals surface area contributed by atoms with E-state index < -0.39 is 21.7 Å². The van der Waals surface area contributed by atoms with E-state index in [2.05, 4.69) is 5.32 Å². The molecule has 1 aromatic rings. The third kappa shape index (κ3) is 3.87. The highest BCUT2D eigenvalue weighted by Gasteiger charge is 2.10. The van der Waals surface area contributed by atoms with Crippen LogP contribution in [0.1, 0.15) is 5.56 Å². The molecular formula is C10H11NO5S. The molecule has 17 heavy (non-hydrogen) atoms. The fourth-order valence-electron chi connectivity index (χ4n) is 1.11. The van der Waals surface area contributed by atoms with Gasteiger partial charge in [0.1, 0.15) is 0 Å². The molecule has 6 nitrogen and oxygen atoms in total. The van der Waals surface area contributed by atoms with Gasteiger partial charge in [0.25, 0.3) is 0 Å². The number of carbonyl (C=O) groups excluding carboxylic acids is 1. The molecule has 0 saturated heterocycles. The van der Waals surface area contributed by atoms with Gasteiger partial charge in [-0.1, -0.05) is 12.1 Å². The van der Waals surface area contributed by atoms with Crippen LogP contribution in [-0.2, 0) is 26.0 Å². The van der Waals surface area contributed by atoms with E-state index in [4.69, 9.17) is 5.11 Å². The number of carboxylic acids is 1. The van der Waals surface area contributed by atoms with Crippen molar-refractivity contribution >= 4 is 21.7 Å². The summed E-state index contributed by atoms with van der Waals surface area (Å²) in [5, 5.41) is 10.5. The summed E-state index contributed by atoms with van der Waals surface area (Å²) >= 11 is 0. The summed E-state index contributed by atoms with van der Waals surface area (Å²) in [5.41, 5.74) is 0.618. The van der Waals surface area contributed by atoms with Gasteiger partial charge >= 0.3 is 11.9 Å². The Morgan fingerprint density at radius 2 is 1.76 bits per heavy atom. The molecule has 0 unspecified atom stereocenters. The first-order valence-corrected chi connectivity index (χ1v) is 6.50. The van der Waals surface area contributed by atoms with Crippen LogP contribution in [0, 0.1) is 0 Å². The molecule has 0 atom stereocenters. The van der Waals surface area contributed by atoms with Gasteiger partial charge in [-0.05, 0) is 17.7 Å². The van der Waals surface area contributed by atoms with E-state index in [0.29, 0.717) is 5.56 Å². The van der Waals surface area contributed by atoms with E-state index in [0.717, 1.165) is 6.26 Å². The van der Waals surface area contributed by atoms with E-state index in [1.165, 1.54) is 24.3 Å². The molecule has 0 spiro atoms. The smallest absolute Gasteiger partial charge is 0.394 e. The van der Waals surface area contributed by atoms with Crippen molar-refractivity contribution in [1.29, 1.82) is 0 Å². The molecule has 1 rings (SSSR count). The standard InChI is InChI=1S/C10H11NO5S/c1-17(15,16)8-4-2-7(3-5-8)6-11-9(12)10(13)14/h2-5H,6H2,1H3,(H,11,12)(H,13,14). The van der Waals surface area contributed by atoms with Crippen molar-refractivity contribution in [3.63, 3.8) is 0 Å². The molecule has 0 fully saturated rings. The molecule has 2 N–H and O–H groups in total. The number of hydrogen-bond donors (Lipinski definition) is 2. The summed E-state index contributed by atoms with van der Waals surface area (Å²) in [6, 6.07) is 5.83. The van der Waals surface area contributed by atoms with Gasteiger partial charge in [0.2, 0.25) is 0 Å². The van der Waals surface area contributed by atoms with Gasteiger partial charge in [-0.2, -0.15) is 0 Å². The Balaban J connectivity index is 2.70. The summed E-state index contributed by atoms with van der Waals surface area (Å²) in [7, 11) is -3.25. The predicted octanol–water partition coefficient (Wildman–Crippen LogP) is -0.209. The second-order valence-corrected chi connectivity index (χ2v) is 5.42. The average Bonchev–Trinajstić information content (AvgIpc) is 2.25. The molecule has 0 aliphatic heterocycles. The van der Waals surface area contributed by atoms with E-state index in [1.807, 2.05) is 0 Å². The van der Waals surface area contributed by atoms with Crippen molar-refractivity contribution in [3.8, 4) is 0 Å². The van der Waals surface area contributed by atoms with E-state index in [1.54, 1.807) is 0 Å². The first-order chi connectivity index (χ1) is 7.80. The van der Waals surface area contributed by atoms with Crippen LogP contribution >= 0.6 is 0 Å². The summed E-state index contributed by atoms with van der Waals surface area (Å²) in [4.78, 5) is 21.1. The number of nitrogens with one attached hydrogen (secondary N) is 1. The Morgan fingerprint density at radius 3 is 2.18 bits per heavy atom. The number of aliphatic carboxylic acids is 1. The lowest BCUT2D eigenvalue weighted by Gasteiger charge is -2.03. The fraction of sp³-hybridized carbons (Fsp3) is 0.200. The Labute approximate surface area is 98.2 Å². The summed E-state index contributed by atoms with van der Waals surface area (Å²) in [5.74, 6) is -2.66. The van der Waals surface area contributed by atoms with Crippen LogP contribution in [0.5, 0.6) is 0 Å². The maximum absolute atomic E-state index is 11.2. The normalized spacial score (nSPS) is 10.9. The number of carboxylic acid groups (broad SMARTS) is 1. The summed E-state index contributed by atoms with van der Waals surface area (Å²) < 4.78 is 22.3. The third-order valence-corrected chi connectivity index (χ3v) is 3.13. The minimum absolute atomic E-state index is 0.0369. The molecule has 1 aromatic carbocycles. The number of rotatable bonds is 3. The second-order valence-electron chi connectivity index (χ2n) is 3.40. The van der Waals surface area contributed by atoms with Gasteiger partial charge < -0.3 is 10.4 Å². The van der Waals surface area contributed by atoms with Gasteiger partial charge in [0.05, 0.1) is 4.90 Å². The van der Waals surface area contributed by atoms with Crippen LogP contribution in [0.25, 0.3) is 0 Å². The van der Waals surface area contributed by atoms with Crippen LogP contribution in [0.2, 0.25) is 0 Å². The lowest BCUT2D eigenvalue weighted by Crippen LogP contribution is -2.30. The number of carbonyl (C=O) groups is 2. The molecule has 0 aliphatic carbocycles. The Morgan fingerprint density at radius 1 is 1.24 bits per heavy atom. The zero-order valence-corrected chi connectivity index (χ0v) is 9.82. The van der Waals surface area contributed by atoms with Gasteiger partial charge in [0.15, 0.2) is 9.84 Å². The topological polar surface area (TPSA) is 101 Å². The molecule has 0 heterocycles. The summed E-state index contributed by atoms with van der Waals surface area (Å²) in [6.07, 6.45) is 1.09. The first kappa shape index (κ1) is 13.2. The van der Waals surface area contributed by atoms with E-state index >= 15 is 0 Å². The monoisotopic (exact) mass is 257 g/mol. The van der Waals surface area contributed by atoms with Crippen molar-refractivity contribution in [3.05, 3.63) is 29.8 Å². The lowest BCUT2D eigenvalue weighted by atomic mass is 10.2. The molecule has 92 valence electrons. The van der Waals surface area contributed by atoms with Crippen molar-refractivity contribution in [2.75, 3.05) is 6.26 Å². The first-order valence-electron chi connectivity index (χ1n) is 4.61. The molecule has 0 saturated carbocycles. The second kappa shape index (κ2) is 4.96. The highest BCUT2D eigenvalue weighted by atomic mass is 32.2. The van der Waals surface area contributed by atoms with Crippen LogP contribution in [0.4, 0.5) is 0 Å². The van der Waals surface area contributed by atoms with Gasteiger partial charge in [-0.3, -0.25) is 4.79 Å². The maximum Gasteiger partial charge on any atom is 0.394 e. The molecule has 0 bridgehead atoms. The van der Waals surface area contributed by atoms with Crippen LogP contribution in [-0.4, -0.2) is 31.7 Å². The van der Waals surface area contributed by atoms with Crippen LogP contribution in [0.3, 0.4) is 0 Å². The largest absolute Gasteiger partial charge is 0.474 e. The van der Waals surface area contributed by atoms with Gasteiger partial charge in [0, 0.05) is 12.8 Å². The lowest BCUT2D eigenvalue weighted by molar-refractivity contribution is -0.150. The Hall–Kier alpha value is -1.89. The number of sulfone groups is 1. The quantitative estimate of drug-likeness (QED) is 0.730. The van der Waals surface area contributed by atoms with Crippen LogP contribution < -0.4 is 5.32 Å². The average molecular weight is 257 g/mol. The van der Waals surface area contributed by atoms with Crippen molar-refractivity contribution in [1.82, 2.24) is 5.32 Å². The predicted molar refractivity (Wildman–Crippen MR) is 59.0 cm³/mol. The molecular weight excluding hydrogens is 246 g/mol. The van der Waals surface area contributed by atoms with Crippen LogP contribution in [0.15, 0.2) is 29.2 Å². The van der Waals surface area contributed by atoms with Gasteiger partial charge in [-0.25, -0.2) is 13.2 Å². The molecule has 0 radical (unpaired) electrons. The maximum atomic E-state index is 11.2. The Kier molecular flexibility index (Phi) is 3.84. The fourth-order valence-corrected chi connectivity index (χ4v) is 1.74. The van der Waals surface area contributed by atoms with E-state index in [-0.39, 0.29) is 11.4 Å². The zero-order valence-electron chi connectivity index (χ0n) is 9.00. The van der Waals surface area contributed by atoms with Crippen molar-refractivity contribution < 1.29 is 23.1 Å².